The van der Waals surface area contributed by atoms with Gasteiger partial charge < -0.3 is 9.90 Å². The van der Waals surface area contributed by atoms with Crippen LogP contribution in [-0.4, -0.2) is 29.0 Å². The second-order valence-corrected chi connectivity index (χ2v) is 8.89. The Balaban J connectivity index is 2.44. The fraction of sp³-hybridized carbons (Fsp3) is 0.619. The second-order valence-electron chi connectivity index (χ2n) is 7.97. The molecule has 7 heteroatoms. The molecule has 2 atom stereocenters. The molecule has 1 aliphatic rings. The van der Waals surface area contributed by atoms with Crippen LogP contribution >= 0.6 is 15.9 Å². The van der Waals surface area contributed by atoms with Gasteiger partial charge in [0.2, 0.25) is 0 Å². The zero-order valence-electron chi connectivity index (χ0n) is 16.3. The minimum absolute atomic E-state index is 0.0890. The standard InChI is InChI=1S/C21H26BrF3O3/c1-4-14(3)19(7-9-20(28,10-8-19)21(23,24)25)18(27)17(12-26)16-11-15(22)6-5-13(16)2/h5-6,11-12,14,17,28H,4,7-10H2,1-3H3. The van der Waals surface area contributed by atoms with Crippen LogP contribution in [-0.2, 0) is 9.59 Å². The Morgan fingerprint density at radius 3 is 2.32 bits per heavy atom. The number of aldehydes is 1. The van der Waals surface area contributed by atoms with Gasteiger partial charge in [-0.25, -0.2) is 0 Å². The topological polar surface area (TPSA) is 54.4 Å². The molecule has 1 aliphatic carbocycles. The molecule has 0 spiro atoms. The summed E-state index contributed by atoms with van der Waals surface area (Å²) < 4.78 is 40.5. The molecular weight excluding hydrogens is 437 g/mol. The predicted molar refractivity (Wildman–Crippen MR) is 104 cm³/mol. The van der Waals surface area contributed by atoms with Crippen molar-refractivity contribution in [2.45, 2.75) is 70.6 Å². The number of ketones is 1. The van der Waals surface area contributed by atoms with Gasteiger partial charge in [0, 0.05) is 9.89 Å². The lowest BCUT2D eigenvalue weighted by Gasteiger charge is -2.47. The van der Waals surface area contributed by atoms with Crippen LogP contribution in [0, 0.1) is 18.3 Å². The van der Waals surface area contributed by atoms with Gasteiger partial charge in [-0.1, -0.05) is 42.3 Å². The van der Waals surface area contributed by atoms with E-state index >= 15 is 0 Å². The van der Waals surface area contributed by atoms with Crippen LogP contribution in [0.15, 0.2) is 22.7 Å². The predicted octanol–water partition coefficient (Wildman–Crippen LogP) is 5.51. The van der Waals surface area contributed by atoms with Crippen LogP contribution in [0.25, 0.3) is 0 Å². The molecule has 0 saturated heterocycles. The van der Waals surface area contributed by atoms with Gasteiger partial charge in [-0.05, 0) is 61.8 Å². The molecule has 1 N–H and O–H groups in total. The van der Waals surface area contributed by atoms with Gasteiger partial charge >= 0.3 is 6.18 Å². The van der Waals surface area contributed by atoms with Gasteiger partial charge in [-0.15, -0.1) is 0 Å². The van der Waals surface area contributed by atoms with Crippen LogP contribution in [0.1, 0.15) is 63.0 Å². The first kappa shape index (κ1) is 23.1. The van der Waals surface area contributed by atoms with E-state index in [1.54, 1.807) is 25.1 Å². The van der Waals surface area contributed by atoms with Crippen LogP contribution in [0.5, 0.6) is 0 Å². The summed E-state index contributed by atoms with van der Waals surface area (Å²) in [7, 11) is 0. The molecule has 1 saturated carbocycles. The van der Waals surface area contributed by atoms with Gasteiger partial charge in [-0.2, -0.15) is 13.2 Å². The van der Waals surface area contributed by atoms with Crippen LogP contribution in [0.2, 0.25) is 0 Å². The SMILES string of the molecule is CCC(C)C1(C(=O)C(C=O)c2cc(Br)ccc2C)CCC(O)(C(F)(F)F)CC1. The molecule has 0 radical (unpaired) electrons. The summed E-state index contributed by atoms with van der Waals surface area (Å²) in [4.78, 5) is 25.5. The van der Waals surface area contributed by atoms with E-state index in [0.717, 1.165) is 10.0 Å². The van der Waals surface area contributed by atoms with Crippen molar-refractivity contribution in [3.63, 3.8) is 0 Å². The molecule has 0 aliphatic heterocycles. The average Bonchev–Trinajstić information content (AvgIpc) is 2.64. The zero-order chi connectivity index (χ0) is 21.3. The Kier molecular flexibility index (Phi) is 6.81. The summed E-state index contributed by atoms with van der Waals surface area (Å²) in [6, 6.07) is 5.31. The van der Waals surface area contributed by atoms with Gasteiger partial charge in [0.25, 0.3) is 0 Å². The van der Waals surface area contributed by atoms with E-state index in [1.165, 1.54) is 0 Å². The first-order chi connectivity index (χ1) is 12.9. The minimum Gasteiger partial charge on any atom is -0.380 e. The molecule has 156 valence electrons. The van der Waals surface area contributed by atoms with E-state index in [0.29, 0.717) is 18.3 Å². The first-order valence-electron chi connectivity index (χ1n) is 9.46. The quantitative estimate of drug-likeness (QED) is 0.447. The lowest BCUT2D eigenvalue weighted by Crippen LogP contribution is -2.53. The van der Waals surface area contributed by atoms with E-state index in [9.17, 15) is 27.9 Å². The van der Waals surface area contributed by atoms with Crippen molar-refractivity contribution in [3.8, 4) is 0 Å². The molecular formula is C21H26BrF3O3. The third-order valence-electron chi connectivity index (χ3n) is 6.54. The van der Waals surface area contributed by atoms with Crippen molar-refractivity contribution in [1.29, 1.82) is 0 Å². The largest absolute Gasteiger partial charge is 0.417 e. The van der Waals surface area contributed by atoms with Crippen molar-refractivity contribution in [3.05, 3.63) is 33.8 Å². The maximum absolute atomic E-state index is 13.6. The van der Waals surface area contributed by atoms with E-state index in [4.69, 9.17) is 0 Å². The zero-order valence-corrected chi connectivity index (χ0v) is 17.9. The fourth-order valence-electron chi connectivity index (χ4n) is 4.30. The monoisotopic (exact) mass is 462 g/mol. The molecule has 0 heterocycles. The van der Waals surface area contributed by atoms with Crippen molar-refractivity contribution >= 4 is 28.0 Å². The van der Waals surface area contributed by atoms with Crippen LogP contribution in [0.3, 0.4) is 0 Å². The minimum atomic E-state index is -4.73. The molecule has 28 heavy (non-hydrogen) atoms. The van der Waals surface area contributed by atoms with Gasteiger partial charge in [-0.3, -0.25) is 4.79 Å². The fourth-order valence-corrected chi connectivity index (χ4v) is 4.68. The summed E-state index contributed by atoms with van der Waals surface area (Å²) in [5, 5.41) is 10.1. The third kappa shape index (κ3) is 4.06. The summed E-state index contributed by atoms with van der Waals surface area (Å²) in [6.45, 7) is 5.51. The number of alkyl halides is 3. The smallest absolute Gasteiger partial charge is 0.380 e. The third-order valence-corrected chi connectivity index (χ3v) is 7.03. The Labute approximate surface area is 171 Å². The van der Waals surface area contributed by atoms with Gasteiger partial charge in [0.05, 0.1) is 5.92 Å². The number of carbonyl (C=O) groups is 2. The second kappa shape index (κ2) is 8.27. The van der Waals surface area contributed by atoms with Gasteiger partial charge in [0.15, 0.2) is 11.4 Å². The molecule has 2 unspecified atom stereocenters. The lowest BCUT2D eigenvalue weighted by molar-refractivity contribution is -0.276. The molecule has 0 aromatic heterocycles. The number of hydrogen-bond acceptors (Lipinski definition) is 3. The highest BCUT2D eigenvalue weighted by Crippen LogP contribution is 2.53. The number of benzene rings is 1. The van der Waals surface area contributed by atoms with Crippen molar-refractivity contribution < 1.29 is 27.9 Å². The highest BCUT2D eigenvalue weighted by atomic mass is 79.9. The van der Waals surface area contributed by atoms with Crippen molar-refractivity contribution in [1.82, 2.24) is 0 Å². The number of aryl methyl sites for hydroxylation is 1. The maximum Gasteiger partial charge on any atom is 0.417 e. The molecule has 2 rings (SSSR count). The van der Waals surface area contributed by atoms with E-state index < -0.39 is 36.0 Å². The molecule has 0 amide bonds. The summed E-state index contributed by atoms with van der Waals surface area (Å²) in [5.41, 5.74) is -2.50. The van der Waals surface area contributed by atoms with Crippen molar-refractivity contribution in [2.24, 2.45) is 11.3 Å². The van der Waals surface area contributed by atoms with E-state index in [2.05, 4.69) is 15.9 Å². The molecule has 1 fully saturated rings. The molecule has 3 nitrogen and oxygen atoms in total. The Morgan fingerprint density at radius 2 is 1.86 bits per heavy atom. The number of carbonyl (C=O) groups excluding carboxylic acids is 2. The summed E-state index contributed by atoms with van der Waals surface area (Å²) in [6.07, 6.45) is -4.79. The molecule has 1 aromatic rings. The Morgan fingerprint density at radius 1 is 1.29 bits per heavy atom. The number of halogens is 4. The maximum atomic E-state index is 13.6. The summed E-state index contributed by atoms with van der Waals surface area (Å²) >= 11 is 3.35. The number of aliphatic hydroxyl groups is 1. The van der Waals surface area contributed by atoms with Gasteiger partial charge in [0.1, 0.15) is 6.29 Å². The van der Waals surface area contributed by atoms with Crippen LogP contribution < -0.4 is 0 Å². The number of hydrogen-bond donors (Lipinski definition) is 1. The molecule has 1 aromatic carbocycles. The molecule has 0 bridgehead atoms. The first-order valence-corrected chi connectivity index (χ1v) is 10.3. The number of Topliss-reactive ketones (excluding diaryl/α,β-unsaturated/α-hetero) is 1. The Hall–Kier alpha value is -1.21. The lowest BCUT2D eigenvalue weighted by atomic mass is 9.57. The summed E-state index contributed by atoms with van der Waals surface area (Å²) in [5.74, 6) is -1.58. The van der Waals surface area contributed by atoms with Crippen LogP contribution in [0.4, 0.5) is 13.2 Å². The highest BCUT2D eigenvalue weighted by Gasteiger charge is 2.59. The number of rotatable bonds is 6. The Bertz CT molecular complexity index is 737. The average molecular weight is 463 g/mol. The normalized spacial score (nSPS) is 27.9. The van der Waals surface area contributed by atoms with E-state index in [1.807, 2.05) is 13.8 Å². The van der Waals surface area contributed by atoms with E-state index in [-0.39, 0.29) is 24.5 Å². The highest BCUT2D eigenvalue weighted by molar-refractivity contribution is 9.10. The van der Waals surface area contributed by atoms with Crippen molar-refractivity contribution in [2.75, 3.05) is 0 Å².